The van der Waals surface area contributed by atoms with Crippen LogP contribution in [-0.2, 0) is 19.0 Å². The maximum atomic E-state index is 12.0. The van der Waals surface area contributed by atoms with Crippen LogP contribution in [0.4, 0.5) is 0 Å². The molecule has 2 heterocycles. The summed E-state index contributed by atoms with van der Waals surface area (Å²) in [6, 6.07) is 0. The lowest BCUT2D eigenvalue weighted by molar-refractivity contribution is -0.0543. The SMILES string of the molecule is CS(=O)(=O)O[C@@H]1[C@@H](O)[C@H](n2cc(/C=C/Br)c(=O)[nH]c2=O)O[C@@H]1CO. The Bertz CT molecular complexity index is 845. The molecule has 1 aliphatic heterocycles. The first kappa shape index (κ1) is 19.0. The van der Waals surface area contributed by atoms with E-state index in [0.29, 0.717) is 0 Å². The summed E-state index contributed by atoms with van der Waals surface area (Å²) < 4.78 is 33.5. The van der Waals surface area contributed by atoms with E-state index >= 15 is 0 Å². The molecule has 0 bridgehead atoms. The van der Waals surface area contributed by atoms with Crippen molar-refractivity contribution in [3.05, 3.63) is 37.6 Å². The third kappa shape index (κ3) is 4.02. The number of halogens is 1. The number of aromatic amines is 1. The summed E-state index contributed by atoms with van der Waals surface area (Å²) in [5.74, 6) is 0. The number of aliphatic hydroxyl groups excluding tert-OH is 2. The molecule has 134 valence electrons. The highest BCUT2D eigenvalue weighted by atomic mass is 79.9. The van der Waals surface area contributed by atoms with Gasteiger partial charge in [0.15, 0.2) is 6.23 Å². The van der Waals surface area contributed by atoms with E-state index in [0.717, 1.165) is 17.0 Å². The average molecular weight is 427 g/mol. The standard InChI is InChI=1S/C12H15BrN2O8S/c1-24(20,21)23-9-7(5-16)22-11(8(9)17)15-4-6(2-3-13)10(18)14-12(15)19/h2-4,7-9,11,16-17H,5H2,1H3,(H,14,18,19)/b3-2+/t7-,8-,9+,11-/m1/s1. The number of hydrogen-bond acceptors (Lipinski definition) is 8. The van der Waals surface area contributed by atoms with E-state index in [1.54, 1.807) is 0 Å². The first-order chi connectivity index (χ1) is 11.2. The molecule has 0 unspecified atom stereocenters. The lowest BCUT2D eigenvalue weighted by atomic mass is 10.1. The van der Waals surface area contributed by atoms with Crippen molar-refractivity contribution in [2.75, 3.05) is 12.9 Å². The molecule has 0 saturated carbocycles. The van der Waals surface area contributed by atoms with Gasteiger partial charge in [-0.2, -0.15) is 8.42 Å². The number of nitrogens with one attached hydrogen (secondary N) is 1. The van der Waals surface area contributed by atoms with Crippen molar-refractivity contribution in [1.82, 2.24) is 9.55 Å². The Morgan fingerprint density at radius 1 is 1.50 bits per heavy atom. The summed E-state index contributed by atoms with van der Waals surface area (Å²) in [4.78, 5) is 27.1. The van der Waals surface area contributed by atoms with Crippen molar-refractivity contribution in [2.24, 2.45) is 0 Å². The van der Waals surface area contributed by atoms with Crippen molar-refractivity contribution in [1.29, 1.82) is 0 Å². The average Bonchev–Trinajstić information content (AvgIpc) is 2.77. The molecule has 0 aliphatic carbocycles. The second-order valence-electron chi connectivity index (χ2n) is 5.05. The first-order valence-corrected chi connectivity index (χ1v) is 9.36. The quantitative estimate of drug-likeness (QED) is 0.481. The van der Waals surface area contributed by atoms with Gasteiger partial charge in [-0.25, -0.2) is 4.79 Å². The van der Waals surface area contributed by atoms with Crippen molar-refractivity contribution >= 4 is 32.1 Å². The summed E-state index contributed by atoms with van der Waals surface area (Å²) >= 11 is 3.00. The number of ether oxygens (including phenoxy) is 1. The van der Waals surface area contributed by atoms with Gasteiger partial charge in [0, 0.05) is 6.20 Å². The Kier molecular flexibility index (Phi) is 5.78. The van der Waals surface area contributed by atoms with E-state index in [2.05, 4.69) is 20.9 Å². The van der Waals surface area contributed by atoms with Gasteiger partial charge in [0.05, 0.1) is 18.4 Å². The maximum absolute atomic E-state index is 12.0. The molecule has 12 heteroatoms. The van der Waals surface area contributed by atoms with Gasteiger partial charge < -0.3 is 14.9 Å². The van der Waals surface area contributed by atoms with Crippen molar-refractivity contribution in [3.8, 4) is 0 Å². The Morgan fingerprint density at radius 3 is 2.71 bits per heavy atom. The molecule has 3 N–H and O–H groups in total. The Morgan fingerprint density at radius 2 is 2.17 bits per heavy atom. The van der Waals surface area contributed by atoms with Crippen LogP contribution in [0.5, 0.6) is 0 Å². The second kappa shape index (κ2) is 7.29. The van der Waals surface area contributed by atoms with Crippen LogP contribution in [0.25, 0.3) is 6.08 Å². The number of nitrogens with zero attached hydrogens (tertiary/aromatic N) is 1. The van der Waals surface area contributed by atoms with Crippen LogP contribution in [0.15, 0.2) is 20.8 Å². The van der Waals surface area contributed by atoms with E-state index in [9.17, 15) is 28.2 Å². The number of hydrogen-bond donors (Lipinski definition) is 3. The summed E-state index contributed by atoms with van der Waals surface area (Å²) in [5, 5.41) is 19.6. The highest BCUT2D eigenvalue weighted by molar-refractivity contribution is 9.11. The Hall–Kier alpha value is -1.31. The fourth-order valence-corrected chi connectivity index (χ4v) is 3.22. The predicted molar refractivity (Wildman–Crippen MR) is 86.0 cm³/mol. The monoisotopic (exact) mass is 426 g/mol. The van der Waals surface area contributed by atoms with Crippen LogP contribution in [0.2, 0.25) is 0 Å². The molecule has 1 aromatic rings. The van der Waals surface area contributed by atoms with Gasteiger partial charge in [-0.15, -0.1) is 0 Å². The largest absolute Gasteiger partial charge is 0.394 e. The molecular formula is C12H15BrN2O8S. The number of rotatable bonds is 5. The molecule has 0 amide bonds. The van der Waals surface area contributed by atoms with E-state index in [-0.39, 0.29) is 5.56 Å². The molecule has 0 aromatic carbocycles. The predicted octanol–water partition coefficient (Wildman–Crippen LogP) is -1.50. The van der Waals surface area contributed by atoms with E-state index in [1.807, 2.05) is 0 Å². The van der Waals surface area contributed by atoms with Gasteiger partial charge in [-0.1, -0.05) is 15.9 Å². The van der Waals surface area contributed by atoms with Gasteiger partial charge in [-0.05, 0) is 11.1 Å². The van der Waals surface area contributed by atoms with Crippen LogP contribution < -0.4 is 11.2 Å². The van der Waals surface area contributed by atoms with E-state index in [1.165, 1.54) is 11.1 Å². The van der Waals surface area contributed by atoms with Crippen molar-refractivity contribution < 1.29 is 27.6 Å². The minimum absolute atomic E-state index is 0.0929. The third-order valence-electron chi connectivity index (χ3n) is 3.29. The van der Waals surface area contributed by atoms with Crippen LogP contribution in [0.1, 0.15) is 11.8 Å². The number of aromatic nitrogens is 2. The van der Waals surface area contributed by atoms with E-state index < -0.39 is 52.5 Å². The Balaban J connectivity index is 2.44. The van der Waals surface area contributed by atoms with Gasteiger partial charge in [0.1, 0.15) is 18.3 Å². The smallest absolute Gasteiger partial charge is 0.330 e. The lowest BCUT2D eigenvalue weighted by Gasteiger charge is -2.19. The molecule has 0 radical (unpaired) electrons. The maximum Gasteiger partial charge on any atom is 0.330 e. The molecule has 4 atom stereocenters. The summed E-state index contributed by atoms with van der Waals surface area (Å²) in [7, 11) is -3.94. The van der Waals surface area contributed by atoms with Gasteiger partial charge >= 0.3 is 5.69 Å². The lowest BCUT2D eigenvalue weighted by Crippen LogP contribution is -2.40. The van der Waals surface area contributed by atoms with Gasteiger partial charge in [0.25, 0.3) is 15.7 Å². The van der Waals surface area contributed by atoms with Crippen LogP contribution in [-0.4, -0.2) is 59.4 Å². The molecule has 1 aliphatic rings. The molecule has 1 fully saturated rings. The third-order valence-corrected chi connectivity index (χ3v) is 4.12. The van der Waals surface area contributed by atoms with Crippen LogP contribution in [0.3, 0.4) is 0 Å². The zero-order valence-electron chi connectivity index (χ0n) is 12.3. The number of aliphatic hydroxyl groups is 2. The fraction of sp³-hybridized carbons (Fsp3) is 0.500. The fourth-order valence-electron chi connectivity index (χ4n) is 2.29. The topological polar surface area (TPSA) is 148 Å². The van der Waals surface area contributed by atoms with Gasteiger partial charge in [-0.3, -0.25) is 18.5 Å². The van der Waals surface area contributed by atoms with Crippen LogP contribution >= 0.6 is 15.9 Å². The van der Waals surface area contributed by atoms with Crippen molar-refractivity contribution in [3.63, 3.8) is 0 Å². The van der Waals surface area contributed by atoms with E-state index in [4.69, 9.17) is 8.92 Å². The zero-order valence-corrected chi connectivity index (χ0v) is 14.7. The minimum atomic E-state index is -3.94. The molecule has 0 spiro atoms. The normalized spacial score (nSPS) is 27.8. The highest BCUT2D eigenvalue weighted by Gasteiger charge is 2.47. The molecule has 10 nitrogen and oxygen atoms in total. The Labute approximate surface area is 144 Å². The summed E-state index contributed by atoms with van der Waals surface area (Å²) in [6.07, 6.45) is -2.19. The summed E-state index contributed by atoms with van der Waals surface area (Å²) in [6.45, 7) is -0.639. The molecule has 2 rings (SSSR count). The molecular weight excluding hydrogens is 412 g/mol. The molecule has 1 saturated heterocycles. The summed E-state index contributed by atoms with van der Waals surface area (Å²) in [5.41, 5.74) is -1.43. The first-order valence-electron chi connectivity index (χ1n) is 6.63. The van der Waals surface area contributed by atoms with Gasteiger partial charge in [0.2, 0.25) is 0 Å². The second-order valence-corrected chi connectivity index (χ2v) is 7.18. The number of H-pyrrole nitrogens is 1. The molecule has 24 heavy (non-hydrogen) atoms. The molecule has 1 aromatic heterocycles. The minimum Gasteiger partial charge on any atom is -0.394 e. The zero-order chi connectivity index (χ0) is 18.1. The highest BCUT2D eigenvalue weighted by Crippen LogP contribution is 2.31. The van der Waals surface area contributed by atoms with Crippen LogP contribution in [0, 0.1) is 0 Å². The van der Waals surface area contributed by atoms with Crippen molar-refractivity contribution in [2.45, 2.75) is 24.5 Å².